The number of hydrogen-bond donors (Lipinski definition) is 1. The van der Waals surface area contributed by atoms with E-state index in [1.165, 1.54) is 18.4 Å². The average molecular weight is 547 g/mol. The largest absolute Gasteiger partial charge is 0.489 e. The van der Waals surface area contributed by atoms with Crippen molar-refractivity contribution in [2.24, 2.45) is 10.8 Å². The second-order valence-electron chi connectivity index (χ2n) is 11.9. The third-order valence-corrected chi connectivity index (χ3v) is 7.59. The summed E-state index contributed by atoms with van der Waals surface area (Å²) >= 11 is 3.51. The number of ether oxygens (including phenoxy) is 2. The number of nitrogens with one attached hydrogen (secondary N) is 1. The van der Waals surface area contributed by atoms with Crippen molar-refractivity contribution in [1.82, 2.24) is 0 Å². The van der Waals surface area contributed by atoms with E-state index in [2.05, 4.69) is 87.1 Å². The first-order valence-electron chi connectivity index (χ1n) is 12.7. The normalized spacial score (nSPS) is 13.3. The molecular formula is C30H44BrNO3. The maximum absolute atomic E-state index is 12.0. The number of hydrogen-bond acceptors (Lipinski definition) is 3. The van der Waals surface area contributed by atoms with Crippen LogP contribution < -0.4 is 10.1 Å². The molecule has 0 aliphatic rings. The first kappa shape index (κ1) is 29.2. The molecule has 2 aromatic carbocycles. The molecule has 5 heteroatoms. The van der Waals surface area contributed by atoms with Crippen molar-refractivity contribution >= 4 is 27.7 Å². The van der Waals surface area contributed by atoms with Crippen molar-refractivity contribution in [3.63, 3.8) is 0 Å². The van der Waals surface area contributed by atoms with Crippen molar-refractivity contribution < 1.29 is 14.3 Å². The molecule has 0 radical (unpaired) electrons. The Kier molecular flexibility index (Phi) is 9.87. The lowest BCUT2D eigenvalue weighted by atomic mass is 9.66. The van der Waals surface area contributed by atoms with Gasteiger partial charge in [0.25, 0.3) is 0 Å². The third-order valence-electron chi connectivity index (χ3n) is 6.93. The molecule has 1 amide bonds. The minimum atomic E-state index is -0.548. The molecule has 0 heterocycles. The Labute approximate surface area is 221 Å². The van der Waals surface area contributed by atoms with Gasteiger partial charge in [-0.15, -0.1) is 0 Å². The fraction of sp³-hybridized carbons (Fsp3) is 0.567. The van der Waals surface area contributed by atoms with Gasteiger partial charge in [-0.25, -0.2) is 4.79 Å². The van der Waals surface area contributed by atoms with Crippen molar-refractivity contribution in [2.75, 3.05) is 5.32 Å². The second-order valence-corrected chi connectivity index (χ2v) is 12.8. The number of carbonyl (C=O) groups excluding carboxylic acids is 1. The summed E-state index contributed by atoms with van der Waals surface area (Å²) in [5.74, 6) is 1.24. The third kappa shape index (κ3) is 9.18. The average Bonchev–Trinajstić information content (AvgIpc) is 2.77. The fourth-order valence-corrected chi connectivity index (χ4v) is 4.36. The zero-order valence-electron chi connectivity index (χ0n) is 23.0. The molecule has 1 N–H and O–H groups in total. The number of amides is 1. The summed E-state index contributed by atoms with van der Waals surface area (Å²) in [4.78, 5) is 12.0. The van der Waals surface area contributed by atoms with E-state index < -0.39 is 11.7 Å². The van der Waals surface area contributed by atoms with Crippen LogP contribution in [0.1, 0.15) is 98.6 Å². The lowest BCUT2D eigenvalue weighted by Gasteiger charge is -2.39. The van der Waals surface area contributed by atoms with Crippen molar-refractivity contribution in [3.8, 4) is 5.75 Å². The minimum absolute atomic E-state index is 0.242. The lowest BCUT2D eigenvalue weighted by molar-refractivity contribution is 0.0636. The van der Waals surface area contributed by atoms with E-state index in [1.807, 2.05) is 32.9 Å². The van der Waals surface area contributed by atoms with Gasteiger partial charge in [0.2, 0.25) is 0 Å². The number of rotatable bonds is 10. The van der Waals surface area contributed by atoms with Crippen LogP contribution in [-0.4, -0.2) is 11.7 Å². The van der Waals surface area contributed by atoms with Gasteiger partial charge < -0.3 is 9.47 Å². The minimum Gasteiger partial charge on any atom is -0.489 e. The molecule has 2 aromatic rings. The zero-order valence-corrected chi connectivity index (χ0v) is 24.6. The SMILES string of the molecule is CCC(C)(C)CC(c1ccc(COc2ccc(NC(=O)OC(C)(C)C)c(Br)c2)cc1)C(C)(C)CC. The second kappa shape index (κ2) is 11.8. The van der Waals surface area contributed by atoms with Gasteiger partial charge in [0.05, 0.1) is 5.69 Å². The van der Waals surface area contributed by atoms with Crippen molar-refractivity contribution in [3.05, 3.63) is 58.1 Å². The van der Waals surface area contributed by atoms with Crippen LogP contribution in [0.3, 0.4) is 0 Å². The van der Waals surface area contributed by atoms with Crippen LogP contribution >= 0.6 is 15.9 Å². The van der Waals surface area contributed by atoms with Gasteiger partial charge >= 0.3 is 6.09 Å². The molecule has 2 rings (SSSR count). The first-order valence-corrected chi connectivity index (χ1v) is 13.5. The molecule has 35 heavy (non-hydrogen) atoms. The summed E-state index contributed by atoms with van der Waals surface area (Å²) in [6.07, 6.45) is 3.02. The van der Waals surface area contributed by atoms with Crippen LogP contribution in [0.15, 0.2) is 46.9 Å². The molecule has 0 bridgehead atoms. The molecule has 1 atom stereocenters. The standard InChI is InChI=1S/C30H44BrNO3/c1-10-29(6,7)19-24(30(8,9)11-2)22-14-12-21(13-15-22)20-34-23-16-17-26(25(31)18-23)32-27(33)35-28(3,4)5/h12-18,24H,10-11,19-20H2,1-9H3,(H,32,33). The molecule has 4 nitrogen and oxygen atoms in total. The van der Waals surface area contributed by atoms with Crippen molar-refractivity contribution in [2.45, 2.75) is 99.7 Å². The Morgan fingerprint density at radius 3 is 2.09 bits per heavy atom. The van der Waals surface area contributed by atoms with E-state index >= 15 is 0 Å². The van der Waals surface area contributed by atoms with Crippen LogP contribution in [-0.2, 0) is 11.3 Å². The molecule has 0 saturated heterocycles. The molecule has 194 valence electrons. The number of halogens is 1. The predicted molar refractivity (Wildman–Crippen MR) is 150 cm³/mol. The lowest BCUT2D eigenvalue weighted by Crippen LogP contribution is -2.27. The van der Waals surface area contributed by atoms with Crippen LogP contribution in [0.25, 0.3) is 0 Å². The monoisotopic (exact) mass is 545 g/mol. The molecule has 0 aliphatic heterocycles. The van der Waals surface area contributed by atoms with Crippen LogP contribution in [0, 0.1) is 10.8 Å². The smallest absolute Gasteiger partial charge is 0.412 e. The van der Waals surface area contributed by atoms with E-state index in [4.69, 9.17) is 9.47 Å². The molecule has 0 aromatic heterocycles. The number of carbonyl (C=O) groups is 1. The van der Waals surface area contributed by atoms with E-state index in [1.54, 1.807) is 6.07 Å². The topological polar surface area (TPSA) is 47.6 Å². The van der Waals surface area contributed by atoms with Crippen molar-refractivity contribution in [1.29, 1.82) is 0 Å². The van der Waals surface area contributed by atoms with Crippen LogP contribution in [0.4, 0.5) is 10.5 Å². The molecule has 1 unspecified atom stereocenters. The molecular weight excluding hydrogens is 502 g/mol. The summed E-state index contributed by atoms with van der Waals surface area (Å²) in [6.45, 7) is 20.1. The van der Waals surface area contributed by atoms with Gasteiger partial charge in [0, 0.05) is 4.47 Å². The highest BCUT2D eigenvalue weighted by molar-refractivity contribution is 9.10. The number of benzene rings is 2. The molecule has 0 spiro atoms. The van der Waals surface area contributed by atoms with Crippen LogP contribution in [0.5, 0.6) is 5.75 Å². The van der Waals surface area contributed by atoms with Gasteiger partial charge in [-0.3, -0.25) is 5.32 Å². The molecule has 0 saturated carbocycles. The molecule has 0 aliphatic carbocycles. The summed E-state index contributed by atoms with van der Waals surface area (Å²) in [6, 6.07) is 14.4. The van der Waals surface area contributed by atoms with Gasteiger partial charge in [0.15, 0.2) is 0 Å². The summed E-state index contributed by atoms with van der Waals surface area (Å²) in [5, 5.41) is 2.76. The maximum Gasteiger partial charge on any atom is 0.412 e. The fourth-order valence-electron chi connectivity index (χ4n) is 3.90. The van der Waals surface area contributed by atoms with E-state index in [-0.39, 0.29) is 5.41 Å². The maximum atomic E-state index is 12.0. The highest BCUT2D eigenvalue weighted by Crippen LogP contribution is 2.46. The highest BCUT2D eigenvalue weighted by Gasteiger charge is 2.33. The van der Waals surface area contributed by atoms with Crippen LogP contribution in [0.2, 0.25) is 0 Å². The summed E-state index contributed by atoms with van der Waals surface area (Å²) < 4.78 is 12.1. The summed E-state index contributed by atoms with van der Waals surface area (Å²) in [7, 11) is 0. The Morgan fingerprint density at radius 2 is 1.57 bits per heavy atom. The Morgan fingerprint density at radius 1 is 0.943 bits per heavy atom. The van der Waals surface area contributed by atoms with Gasteiger partial charge in [-0.1, -0.05) is 78.6 Å². The van der Waals surface area contributed by atoms with E-state index in [0.717, 1.165) is 22.2 Å². The Bertz CT molecular complexity index is 974. The zero-order chi connectivity index (χ0) is 26.4. The quantitative estimate of drug-likeness (QED) is 0.323. The summed E-state index contributed by atoms with van der Waals surface area (Å²) in [5.41, 5.74) is 3.18. The highest BCUT2D eigenvalue weighted by atomic mass is 79.9. The van der Waals surface area contributed by atoms with Gasteiger partial charge in [-0.05, 0) is 89.2 Å². The van der Waals surface area contributed by atoms with Gasteiger partial charge in [-0.2, -0.15) is 0 Å². The van der Waals surface area contributed by atoms with E-state index in [0.29, 0.717) is 23.6 Å². The first-order chi connectivity index (χ1) is 16.2. The molecule has 0 fully saturated rings. The Balaban J connectivity index is 2.06. The number of anilines is 1. The van der Waals surface area contributed by atoms with E-state index in [9.17, 15) is 4.79 Å². The predicted octanol–water partition coefficient (Wildman–Crippen LogP) is 9.72. The van der Waals surface area contributed by atoms with Gasteiger partial charge in [0.1, 0.15) is 18.0 Å². The Hall–Kier alpha value is -2.01.